The fourth-order valence-electron chi connectivity index (χ4n) is 3.49. The highest BCUT2D eigenvalue weighted by Crippen LogP contribution is 2.26. The van der Waals surface area contributed by atoms with Gasteiger partial charge in [-0.1, -0.05) is 31.2 Å². The van der Waals surface area contributed by atoms with Crippen LogP contribution in [-0.2, 0) is 12.5 Å². The lowest BCUT2D eigenvalue weighted by molar-refractivity contribution is 0.0689. The maximum atomic E-state index is 12.9. The Bertz CT molecular complexity index is 974. The number of benzene rings is 1. The number of hydrogen-bond acceptors (Lipinski definition) is 5. The maximum Gasteiger partial charge on any atom is 0.253 e. The number of carbonyl (C=O) groups excluding carboxylic acids is 1. The van der Waals surface area contributed by atoms with Crippen LogP contribution in [0.4, 0.5) is 0 Å². The molecule has 3 aromatic rings. The summed E-state index contributed by atoms with van der Waals surface area (Å²) in [7, 11) is 1.84. The van der Waals surface area contributed by atoms with Gasteiger partial charge in [-0.3, -0.25) is 4.79 Å². The van der Waals surface area contributed by atoms with Gasteiger partial charge in [0, 0.05) is 37.3 Å². The summed E-state index contributed by atoms with van der Waals surface area (Å²) in [6.45, 7) is 7.84. The van der Waals surface area contributed by atoms with Crippen LogP contribution < -0.4 is 0 Å². The van der Waals surface area contributed by atoms with Crippen molar-refractivity contribution in [2.45, 2.75) is 45.1 Å². The molecule has 1 saturated heterocycles. The molecule has 0 bridgehead atoms. The first kappa shape index (κ1) is 17.6. The van der Waals surface area contributed by atoms with Crippen LogP contribution in [0.15, 0.2) is 24.4 Å². The van der Waals surface area contributed by atoms with Crippen molar-refractivity contribution in [1.29, 1.82) is 0 Å². The second kappa shape index (κ2) is 6.44. The standard InChI is InChI=1S/C19H25N7O/c1-19(2,3)17-12-26(23-21-17)14-7-9-25(10-8-14)18(27)13-5-6-16-15(11-13)20-22-24(16)4/h5-6,11-12,14H,7-10H2,1-4H3. The minimum absolute atomic E-state index is 0.00606. The number of hydrogen-bond donors (Lipinski definition) is 0. The van der Waals surface area contributed by atoms with E-state index in [0.29, 0.717) is 24.7 Å². The van der Waals surface area contributed by atoms with E-state index in [2.05, 4.69) is 41.4 Å². The van der Waals surface area contributed by atoms with Crippen LogP contribution in [-0.4, -0.2) is 53.9 Å². The highest BCUT2D eigenvalue weighted by molar-refractivity contribution is 5.97. The fraction of sp³-hybridized carbons (Fsp3) is 0.526. The van der Waals surface area contributed by atoms with E-state index in [-0.39, 0.29) is 11.3 Å². The van der Waals surface area contributed by atoms with E-state index in [0.717, 1.165) is 29.6 Å². The number of aryl methyl sites for hydroxylation is 1. The van der Waals surface area contributed by atoms with E-state index >= 15 is 0 Å². The summed E-state index contributed by atoms with van der Waals surface area (Å²) in [5.74, 6) is 0.0509. The number of amides is 1. The molecule has 1 amide bonds. The highest BCUT2D eigenvalue weighted by Gasteiger charge is 2.27. The Balaban J connectivity index is 1.43. The molecule has 3 heterocycles. The van der Waals surface area contributed by atoms with Crippen LogP contribution in [0.1, 0.15) is 55.7 Å². The normalized spacial score (nSPS) is 16.2. The molecule has 8 heteroatoms. The number of nitrogens with zero attached hydrogens (tertiary/aromatic N) is 7. The molecule has 0 unspecified atom stereocenters. The van der Waals surface area contributed by atoms with E-state index < -0.39 is 0 Å². The zero-order valence-corrected chi connectivity index (χ0v) is 16.3. The van der Waals surface area contributed by atoms with Gasteiger partial charge in [0.2, 0.25) is 0 Å². The number of piperidine rings is 1. The van der Waals surface area contributed by atoms with Gasteiger partial charge < -0.3 is 4.90 Å². The van der Waals surface area contributed by atoms with Crippen molar-refractivity contribution in [2.75, 3.05) is 13.1 Å². The molecule has 0 aliphatic carbocycles. The van der Waals surface area contributed by atoms with Gasteiger partial charge in [-0.2, -0.15) is 0 Å². The molecule has 8 nitrogen and oxygen atoms in total. The lowest BCUT2D eigenvalue weighted by atomic mass is 9.93. The zero-order chi connectivity index (χ0) is 19.2. The van der Waals surface area contributed by atoms with Crippen molar-refractivity contribution in [3.05, 3.63) is 35.7 Å². The van der Waals surface area contributed by atoms with Crippen LogP contribution in [0, 0.1) is 0 Å². The average Bonchev–Trinajstić information content (AvgIpc) is 3.28. The van der Waals surface area contributed by atoms with Crippen molar-refractivity contribution in [2.24, 2.45) is 7.05 Å². The Morgan fingerprint density at radius 1 is 1.11 bits per heavy atom. The first-order chi connectivity index (χ1) is 12.8. The average molecular weight is 367 g/mol. The second-order valence-electron chi connectivity index (χ2n) is 8.27. The number of fused-ring (bicyclic) bond motifs is 1. The largest absolute Gasteiger partial charge is 0.338 e. The third-order valence-electron chi connectivity index (χ3n) is 5.26. The first-order valence-electron chi connectivity index (χ1n) is 9.34. The van der Waals surface area contributed by atoms with Gasteiger partial charge >= 0.3 is 0 Å². The van der Waals surface area contributed by atoms with Crippen molar-refractivity contribution in [1.82, 2.24) is 34.9 Å². The van der Waals surface area contributed by atoms with Crippen molar-refractivity contribution in [3.63, 3.8) is 0 Å². The molecule has 142 valence electrons. The molecule has 0 spiro atoms. The summed E-state index contributed by atoms with van der Waals surface area (Å²) in [4.78, 5) is 14.8. The molecule has 27 heavy (non-hydrogen) atoms. The zero-order valence-electron chi connectivity index (χ0n) is 16.3. The van der Waals surface area contributed by atoms with Crippen molar-refractivity contribution < 1.29 is 4.79 Å². The third-order valence-corrected chi connectivity index (χ3v) is 5.26. The van der Waals surface area contributed by atoms with E-state index in [9.17, 15) is 4.79 Å². The molecule has 4 rings (SSSR count). The van der Waals surface area contributed by atoms with Crippen LogP contribution in [0.3, 0.4) is 0 Å². The number of carbonyl (C=O) groups is 1. The summed E-state index contributed by atoms with van der Waals surface area (Å²) in [6, 6.07) is 5.87. The molecule has 1 fully saturated rings. The van der Waals surface area contributed by atoms with Gasteiger partial charge in [-0.25, -0.2) is 9.36 Å². The van der Waals surface area contributed by atoms with Gasteiger partial charge in [0.15, 0.2) is 0 Å². The van der Waals surface area contributed by atoms with Gasteiger partial charge in [-0.05, 0) is 31.0 Å². The van der Waals surface area contributed by atoms with Crippen molar-refractivity contribution >= 4 is 16.9 Å². The number of aromatic nitrogens is 6. The van der Waals surface area contributed by atoms with Crippen LogP contribution in [0.5, 0.6) is 0 Å². The summed E-state index contributed by atoms with van der Waals surface area (Å²) in [5.41, 5.74) is 3.32. The SMILES string of the molecule is Cn1nnc2cc(C(=O)N3CCC(n4cc(C(C)(C)C)nn4)CC3)ccc21. The molecule has 1 aliphatic heterocycles. The van der Waals surface area contributed by atoms with Gasteiger partial charge in [-0.15, -0.1) is 10.2 Å². The molecular formula is C19H25N7O. The van der Waals surface area contributed by atoms with Gasteiger partial charge in [0.1, 0.15) is 5.52 Å². The maximum absolute atomic E-state index is 12.9. The van der Waals surface area contributed by atoms with E-state index in [1.54, 1.807) is 4.68 Å². The lowest BCUT2D eigenvalue weighted by Crippen LogP contribution is -2.39. The van der Waals surface area contributed by atoms with E-state index in [4.69, 9.17) is 0 Å². The Morgan fingerprint density at radius 2 is 1.85 bits per heavy atom. The molecule has 0 atom stereocenters. The lowest BCUT2D eigenvalue weighted by Gasteiger charge is -2.32. The predicted molar refractivity (Wildman–Crippen MR) is 101 cm³/mol. The molecule has 1 aromatic carbocycles. The molecule has 1 aliphatic rings. The minimum Gasteiger partial charge on any atom is -0.338 e. The quantitative estimate of drug-likeness (QED) is 0.694. The molecule has 0 radical (unpaired) electrons. The van der Waals surface area contributed by atoms with Crippen LogP contribution >= 0.6 is 0 Å². The van der Waals surface area contributed by atoms with Crippen LogP contribution in [0.25, 0.3) is 11.0 Å². The first-order valence-corrected chi connectivity index (χ1v) is 9.34. The Labute approximate surface area is 158 Å². The second-order valence-corrected chi connectivity index (χ2v) is 8.27. The smallest absolute Gasteiger partial charge is 0.253 e. The number of likely N-dealkylation sites (tertiary alicyclic amines) is 1. The molecular weight excluding hydrogens is 342 g/mol. The molecule has 0 saturated carbocycles. The van der Waals surface area contributed by atoms with Gasteiger partial charge in [0.25, 0.3) is 5.91 Å². The third kappa shape index (κ3) is 3.31. The Kier molecular flexibility index (Phi) is 4.20. The van der Waals surface area contributed by atoms with Crippen molar-refractivity contribution in [3.8, 4) is 0 Å². The predicted octanol–water partition coefficient (Wildman–Crippen LogP) is 2.33. The summed E-state index contributed by atoms with van der Waals surface area (Å²) >= 11 is 0. The monoisotopic (exact) mass is 367 g/mol. The minimum atomic E-state index is -0.00606. The van der Waals surface area contributed by atoms with Crippen LogP contribution in [0.2, 0.25) is 0 Å². The summed E-state index contributed by atoms with van der Waals surface area (Å²) in [5, 5.41) is 16.7. The molecule has 2 aromatic heterocycles. The van der Waals surface area contributed by atoms with Gasteiger partial charge in [0.05, 0.1) is 17.3 Å². The molecule has 0 N–H and O–H groups in total. The summed E-state index contributed by atoms with van der Waals surface area (Å²) < 4.78 is 3.67. The highest BCUT2D eigenvalue weighted by atomic mass is 16.2. The topological polar surface area (TPSA) is 81.7 Å². The van der Waals surface area contributed by atoms with E-state index in [1.807, 2.05) is 41.0 Å². The Hall–Kier alpha value is -2.77. The Morgan fingerprint density at radius 3 is 2.52 bits per heavy atom. The fourth-order valence-corrected chi connectivity index (χ4v) is 3.49. The number of rotatable bonds is 2. The van der Waals surface area contributed by atoms with E-state index in [1.165, 1.54) is 0 Å². The summed E-state index contributed by atoms with van der Waals surface area (Å²) in [6.07, 6.45) is 3.81.